The first-order valence-corrected chi connectivity index (χ1v) is 11.9. The van der Waals surface area contributed by atoms with E-state index in [9.17, 15) is 0 Å². The van der Waals surface area contributed by atoms with E-state index in [0.717, 1.165) is 98.2 Å². The summed E-state index contributed by atoms with van der Waals surface area (Å²) in [5.74, 6) is 0. The van der Waals surface area contributed by atoms with E-state index in [-0.39, 0.29) is 0 Å². The van der Waals surface area contributed by atoms with E-state index >= 15 is 0 Å². The second-order valence-electron chi connectivity index (χ2n) is 8.41. The van der Waals surface area contributed by atoms with Gasteiger partial charge >= 0.3 is 0 Å². The topological polar surface area (TPSA) is 57.6 Å². The Morgan fingerprint density at radius 2 is 1.28 bits per heavy atom. The normalized spacial score (nSPS) is 23.1. The molecule has 8 nitrogen and oxygen atoms in total. The molecule has 1 N–H and O–H groups in total. The number of nitrogens with zero attached hydrogens (tertiary/aromatic N) is 5. The van der Waals surface area contributed by atoms with Gasteiger partial charge in [0, 0.05) is 52.4 Å². The van der Waals surface area contributed by atoms with Gasteiger partial charge in [-0.3, -0.25) is 9.80 Å². The Labute approximate surface area is 177 Å². The number of hydrazine groups is 1. The van der Waals surface area contributed by atoms with Gasteiger partial charge in [0.15, 0.2) is 0 Å². The standard InChI is InChI=1S/C21H43N6O2/c1-2-8-24(9-3-1)10-4-6-22-27(13-12-26-16-20-29-21-17-26)23-7-5-11-25-14-18-28-19-15-25/h23H,1-21H2. The molecule has 0 spiro atoms. The van der Waals surface area contributed by atoms with Gasteiger partial charge < -0.3 is 14.4 Å². The van der Waals surface area contributed by atoms with E-state index in [0.29, 0.717) is 0 Å². The van der Waals surface area contributed by atoms with E-state index in [2.05, 4.69) is 25.2 Å². The Morgan fingerprint density at radius 3 is 1.97 bits per heavy atom. The molecule has 0 aromatic heterocycles. The fourth-order valence-corrected chi connectivity index (χ4v) is 4.26. The number of hydrogen-bond acceptors (Lipinski definition) is 7. The largest absolute Gasteiger partial charge is 0.379 e. The summed E-state index contributed by atoms with van der Waals surface area (Å²) in [6, 6.07) is 0. The minimum absolute atomic E-state index is 0.861. The molecule has 3 heterocycles. The second-order valence-corrected chi connectivity index (χ2v) is 8.41. The lowest BCUT2D eigenvalue weighted by atomic mass is 10.1. The smallest absolute Gasteiger partial charge is 0.0594 e. The molecule has 0 bridgehead atoms. The molecule has 0 aromatic carbocycles. The van der Waals surface area contributed by atoms with Gasteiger partial charge in [0.1, 0.15) is 0 Å². The second kappa shape index (κ2) is 14.6. The summed E-state index contributed by atoms with van der Waals surface area (Å²) >= 11 is 0. The van der Waals surface area contributed by atoms with Crippen LogP contribution in [0, 0.1) is 0 Å². The molecule has 8 heteroatoms. The van der Waals surface area contributed by atoms with Gasteiger partial charge in [0.2, 0.25) is 0 Å². The number of nitrogens with one attached hydrogen (secondary N) is 1. The van der Waals surface area contributed by atoms with Gasteiger partial charge in [-0.05, 0) is 51.9 Å². The highest BCUT2D eigenvalue weighted by molar-refractivity contribution is 4.66. The van der Waals surface area contributed by atoms with Crippen molar-refractivity contribution >= 4 is 0 Å². The van der Waals surface area contributed by atoms with Gasteiger partial charge in [0.05, 0.1) is 26.4 Å². The summed E-state index contributed by atoms with van der Waals surface area (Å²) in [7, 11) is 0. The van der Waals surface area contributed by atoms with Crippen molar-refractivity contribution in [3.63, 3.8) is 0 Å². The Kier molecular flexibility index (Phi) is 11.8. The van der Waals surface area contributed by atoms with E-state index < -0.39 is 0 Å². The zero-order valence-electron chi connectivity index (χ0n) is 18.4. The van der Waals surface area contributed by atoms with Gasteiger partial charge in [-0.2, -0.15) is 5.12 Å². The summed E-state index contributed by atoms with van der Waals surface area (Å²) in [6.07, 6.45) is 6.45. The monoisotopic (exact) mass is 411 g/mol. The molecular weight excluding hydrogens is 368 g/mol. The highest BCUT2D eigenvalue weighted by atomic mass is 16.5. The molecular formula is C21H43N6O2. The van der Waals surface area contributed by atoms with Crippen LogP contribution in [-0.2, 0) is 9.47 Å². The van der Waals surface area contributed by atoms with Crippen molar-refractivity contribution in [2.75, 3.05) is 105 Å². The van der Waals surface area contributed by atoms with Crippen molar-refractivity contribution in [2.45, 2.75) is 32.1 Å². The Hall–Kier alpha value is -0.320. The average Bonchev–Trinajstić information content (AvgIpc) is 2.79. The first-order chi connectivity index (χ1) is 14.4. The third kappa shape index (κ3) is 10.0. The van der Waals surface area contributed by atoms with Crippen LogP contribution >= 0.6 is 0 Å². The van der Waals surface area contributed by atoms with E-state index in [1.54, 1.807) is 0 Å². The molecule has 1 radical (unpaired) electrons. The van der Waals surface area contributed by atoms with E-state index in [1.807, 2.05) is 0 Å². The van der Waals surface area contributed by atoms with Crippen LogP contribution in [0.1, 0.15) is 32.1 Å². The molecule has 0 saturated carbocycles. The molecule has 0 aromatic rings. The lowest BCUT2D eigenvalue weighted by molar-refractivity contribution is 0.0197. The number of likely N-dealkylation sites (tertiary alicyclic amines) is 1. The summed E-state index contributed by atoms with van der Waals surface area (Å²) in [5.41, 5.74) is 8.46. The molecule has 3 saturated heterocycles. The average molecular weight is 412 g/mol. The Bertz CT molecular complexity index is 373. The Morgan fingerprint density at radius 1 is 0.690 bits per heavy atom. The van der Waals surface area contributed by atoms with Gasteiger partial charge in [-0.15, -0.1) is 5.43 Å². The van der Waals surface area contributed by atoms with Crippen LogP contribution in [0.4, 0.5) is 0 Å². The van der Waals surface area contributed by atoms with Crippen LogP contribution in [0.2, 0.25) is 0 Å². The van der Waals surface area contributed by atoms with Crippen molar-refractivity contribution in [1.29, 1.82) is 0 Å². The highest BCUT2D eigenvalue weighted by Crippen LogP contribution is 2.08. The molecule has 3 rings (SSSR count). The predicted octanol–water partition coefficient (Wildman–Crippen LogP) is 0.243. The molecule has 0 amide bonds. The number of ether oxygens (including phenoxy) is 2. The summed E-state index contributed by atoms with van der Waals surface area (Å²) in [4.78, 5) is 7.58. The zero-order chi connectivity index (χ0) is 20.0. The lowest BCUT2D eigenvalue weighted by Gasteiger charge is -2.30. The fourth-order valence-electron chi connectivity index (χ4n) is 4.26. The molecule has 0 atom stereocenters. The van der Waals surface area contributed by atoms with Crippen molar-refractivity contribution < 1.29 is 9.47 Å². The molecule has 0 unspecified atom stereocenters. The molecule has 169 valence electrons. The summed E-state index contributed by atoms with van der Waals surface area (Å²) < 4.78 is 10.9. The third-order valence-electron chi connectivity index (χ3n) is 6.13. The van der Waals surface area contributed by atoms with Crippen LogP contribution in [0.3, 0.4) is 0 Å². The molecule has 29 heavy (non-hydrogen) atoms. The van der Waals surface area contributed by atoms with Gasteiger partial charge in [-0.25, -0.2) is 5.43 Å². The minimum Gasteiger partial charge on any atom is -0.379 e. The van der Waals surface area contributed by atoms with Gasteiger partial charge in [0.25, 0.3) is 0 Å². The summed E-state index contributed by atoms with van der Waals surface area (Å²) in [5, 5.41) is 2.12. The van der Waals surface area contributed by atoms with E-state index in [4.69, 9.17) is 14.9 Å². The number of hydrogen-bond donors (Lipinski definition) is 1. The maximum absolute atomic E-state index is 5.47. The van der Waals surface area contributed by atoms with Crippen molar-refractivity contribution in [1.82, 2.24) is 30.7 Å². The number of piperidine rings is 1. The third-order valence-corrected chi connectivity index (χ3v) is 6.13. The molecule has 3 aliphatic rings. The van der Waals surface area contributed by atoms with Crippen molar-refractivity contribution in [2.24, 2.45) is 0 Å². The lowest BCUT2D eigenvalue weighted by Crippen LogP contribution is -2.50. The van der Waals surface area contributed by atoms with Crippen LogP contribution in [0.15, 0.2) is 0 Å². The molecule has 3 aliphatic heterocycles. The van der Waals surface area contributed by atoms with E-state index in [1.165, 1.54) is 38.9 Å². The summed E-state index contributed by atoms with van der Waals surface area (Å²) in [6.45, 7) is 16.5. The minimum atomic E-state index is 0.861. The van der Waals surface area contributed by atoms with Crippen molar-refractivity contribution in [3.05, 3.63) is 0 Å². The maximum Gasteiger partial charge on any atom is 0.0594 e. The number of rotatable bonds is 13. The zero-order valence-corrected chi connectivity index (χ0v) is 18.4. The quantitative estimate of drug-likeness (QED) is 0.344. The first kappa shape index (κ1) is 23.3. The van der Waals surface area contributed by atoms with Crippen molar-refractivity contribution in [3.8, 4) is 0 Å². The van der Waals surface area contributed by atoms with Crippen LogP contribution in [0.25, 0.3) is 0 Å². The SMILES string of the molecule is C1CCN(CCC[N]N(CCN2CCOCC2)NCCCN2CCOCC2)CC1. The first-order valence-electron chi connectivity index (χ1n) is 11.9. The molecule has 3 fully saturated rings. The molecule has 0 aliphatic carbocycles. The van der Waals surface area contributed by atoms with Gasteiger partial charge in [-0.1, -0.05) is 6.42 Å². The highest BCUT2D eigenvalue weighted by Gasteiger charge is 2.14. The number of morpholine rings is 2. The fraction of sp³-hybridized carbons (Fsp3) is 1.00. The Balaban J connectivity index is 1.30. The van der Waals surface area contributed by atoms with Crippen LogP contribution in [0.5, 0.6) is 0 Å². The van der Waals surface area contributed by atoms with Crippen LogP contribution < -0.4 is 10.9 Å². The predicted molar refractivity (Wildman–Crippen MR) is 116 cm³/mol. The maximum atomic E-state index is 5.47. The van der Waals surface area contributed by atoms with Crippen LogP contribution in [-0.4, -0.2) is 125 Å².